The average Bonchev–Trinajstić information content (AvgIpc) is 2.97. The van der Waals surface area contributed by atoms with E-state index in [2.05, 4.69) is 44.3 Å². The summed E-state index contributed by atoms with van der Waals surface area (Å²) >= 11 is 5.15. The maximum absolute atomic E-state index is 4.58. The van der Waals surface area contributed by atoms with Gasteiger partial charge in [-0.25, -0.2) is 4.98 Å². The van der Waals surface area contributed by atoms with Crippen LogP contribution in [0.4, 0.5) is 5.13 Å². The minimum absolute atomic E-state index is 0.281. The molecule has 0 aliphatic heterocycles. The van der Waals surface area contributed by atoms with Gasteiger partial charge in [0, 0.05) is 22.9 Å². The van der Waals surface area contributed by atoms with E-state index in [0.717, 1.165) is 21.7 Å². The van der Waals surface area contributed by atoms with Gasteiger partial charge in [0.05, 0.1) is 16.8 Å². The van der Waals surface area contributed by atoms with Crippen molar-refractivity contribution >= 4 is 42.6 Å². The van der Waals surface area contributed by atoms with Gasteiger partial charge < -0.3 is 5.32 Å². The van der Waals surface area contributed by atoms with E-state index >= 15 is 0 Å². The van der Waals surface area contributed by atoms with Crippen molar-refractivity contribution in [3.63, 3.8) is 0 Å². The number of thiazole rings is 1. The maximum atomic E-state index is 4.58. The van der Waals surface area contributed by atoms with Gasteiger partial charge in [0.2, 0.25) is 0 Å². The lowest BCUT2D eigenvalue weighted by molar-refractivity contribution is 0.561. The zero-order valence-electron chi connectivity index (χ0n) is 10.4. The smallest absolute Gasteiger partial charge is 0.184 e. The van der Waals surface area contributed by atoms with Gasteiger partial charge in [0.15, 0.2) is 5.13 Å². The normalized spacial score (nSPS) is 12.7. The lowest BCUT2D eigenvalue weighted by Crippen LogP contribution is -2.22. The van der Waals surface area contributed by atoms with Crippen molar-refractivity contribution in [3.05, 3.63) is 41.1 Å². The molecule has 3 aromatic rings. The Balaban J connectivity index is 1.74. The molecule has 2 heterocycles. The summed E-state index contributed by atoms with van der Waals surface area (Å²) in [5.74, 6) is 0. The summed E-state index contributed by atoms with van der Waals surface area (Å²) in [6, 6.07) is 8.35. The van der Waals surface area contributed by atoms with Crippen LogP contribution < -0.4 is 5.32 Å². The second-order valence-electron chi connectivity index (χ2n) is 4.40. The molecule has 2 aromatic heterocycles. The molecule has 4 nitrogen and oxygen atoms in total. The van der Waals surface area contributed by atoms with E-state index in [0.29, 0.717) is 0 Å². The van der Waals surface area contributed by atoms with Crippen LogP contribution in [0, 0.1) is 0 Å². The SMILES string of the molecule is CC(Cn1cccn1)Nc1nc2ccc(Br)cc2s1. The first-order valence-corrected chi connectivity index (χ1v) is 7.62. The highest BCUT2D eigenvalue weighted by atomic mass is 79.9. The minimum Gasteiger partial charge on any atom is -0.357 e. The summed E-state index contributed by atoms with van der Waals surface area (Å²) < 4.78 is 4.18. The predicted molar refractivity (Wildman–Crippen MR) is 82.6 cm³/mol. The van der Waals surface area contributed by atoms with Crippen molar-refractivity contribution in [2.24, 2.45) is 0 Å². The molecule has 3 rings (SSSR count). The van der Waals surface area contributed by atoms with E-state index in [9.17, 15) is 0 Å². The molecule has 0 fully saturated rings. The molecule has 1 unspecified atom stereocenters. The molecular weight excluding hydrogens is 324 g/mol. The van der Waals surface area contributed by atoms with Crippen LogP contribution in [0.5, 0.6) is 0 Å². The van der Waals surface area contributed by atoms with Crippen molar-refractivity contribution < 1.29 is 0 Å². The maximum Gasteiger partial charge on any atom is 0.184 e. The number of benzene rings is 1. The second kappa shape index (κ2) is 5.30. The molecule has 0 spiro atoms. The highest BCUT2D eigenvalue weighted by Crippen LogP contribution is 2.28. The third kappa shape index (κ3) is 2.96. The van der Waals surface area contributed by atoms with Crippen LogP contribution in [0.1, 0.15) is 6.92 Å². The Labute approximate surface area is 123 Å². The van der Waals surface area contributed by atoms with Gasteiger partial charge in [-0.1, -0.05) is 27.3 Å². The van der Waals surface area contributed by atoms with Gasteiger partial charge >= 0.3 is 0 Å². The Hall–Kier alpha value is -1.40. The quantitative estimate of drug-likeness (QED) is 0.788. The largest absolute Gasteiger partial charge is 0.357 e. The summed E-state index contributed by atoms with van der Waals surface area (Å²) in [6.07, 6.45) is 3.76. The molecule has 1 aromatic carbocycles. The third-order valence-corrected chi connectivity index (χ3v) is 4.18. The Bertz CT molecular complexity index is 677. The Morgan fingerprint density at radius 3 is 3.16 bits per heavy atom. The number of rotatable bonds is 4. The highest BCUT2D eigenvalue weighted by molar-refractivity contribution is 9.10. The second-order valence-corrected chi connectivity index (χ2v) is 6.35. The number of fused-ring (bicyclic) bond motifs is 1. The number of anilines is 1. The Morgan fingerprint density at radius 1 is 1.47 bits per heavy atom. The molecule has 0 aliphatic rings. The van der Waals surface area contributed by atoms with Gasteiger partial charge in [-0.15, -0.1) is 0 Å². The zero-order valence-corrected chi connectivity index (χ0v) is 12.8. The van der Waals surface area contributed by atoms with Gasteiger partial charge in [-0.2, -0.15) is 5.10 Å². The van der Waals surface area contributed by atoms with Crippen molar-refractivity contribution in [1.29, 1.82) is 0 Å². The van der Waals surface area contributed by atoms with E-state index < -0.39 is 0 Å². The van der Waals surface area contributed by atoms with Crippen LogP contribution in [0.2, 0.25) is 0 Å². The van der Waals surface area contributed by atoms with Crippen LogP contribution in [-0.4, -0.2) is 20.8 Å². The van der Waals surface area contributed by atoms with Crippen LogP contribution in [0.3, 0.4) is 0 Å². The van der Waals surface area contributed by atoms with Crippen LogP contribution >= 0.6 is 27.3 Å². The first-order chi connectivity index (χ1) is 9.20. The molecule has 0 bridgehead atoms. The Kier molecular flexibility index (Phi) is 3.52. The standard InChI is InChI=1S/C13H13BrN4S/c1-9(8-18-6-2-5-15-18)16-13-17-11-4-3-10(14)7-12(11)19-13/h2-7,9H,8H2,1H3,(H,16,17). The van der Waals surface area contributed by atoms with E-state index in [-0.39, 0.29) is 6.04 Å². The van der Waals surface area contributed by atoms with Gasteiger partial charge in [0.25, 0.3) is 0 Å². The summed E-state index contributed by atoms with van der Waals surface area (Å²) in [4.78, 5) is 4.58. The molecule has 1 atom stereocenters. The first-order valence-electron chi connectivity index (χ1n) is 6.01. The fraction of sp³-hybridized carbons (Fsp3) is 0.231. The molecule has 0 saturated carbocycles. The van der Waals surface area contributed by atoms with Gasteiger partial charge in [-0.3, -0.25) is 4.68 Å². The zero-order chi connectivity index (χ0) is 13.2. The lowest BCUT2D eigenvalue weighted by Gasteiger charge is -2.12. The fourth-order valence-corrected chi connectivity index (χ4v) is 3.43. The summed E-state index contributed by atoms with van der Waals surface area (Å²) in [5.41, 5.74) is 1.03. The van der Waals surface area contributed by atoms with Gasteiger partial charge in [0.1, 0.15) is 0 Å². The van der Waals surface area contributed by atoms with E-state index in [1.165, 1.54) is 4.70 Å². The van der Waals surface area contributed by atoms with E-state index in [1.54, 1.807) is 17.5 Å². The van der Waals surface area contributed by atoms with Crippen LogP contribution in [0.15, 0.2) is 41.1 Å². The molecule has 98 valence electrons. The van der Waals surface area contributed by atoms with Crippen LogP contribution in [-0.2, 0) is 6.54 Å². The van der Waals surface area contributed by atoms with Crippen LogP contribution in [0.25, 0.3) is 10.2 Å². The first kappa shape index (κ1) is 12.6. The minimum atomic E-state index is 0.281. The topological polar surface area (TPSA) is 42.7 Å². The summed E-state index contributed by atoms with van der Waals surface area (Å²) in [5, 5.41) is 8.58. The number of hydrogen-bond acceptors (Lipinski definition) is 4. The number of halogens is 1. The lowest BCUT2D eigenvalue weighted by atomic mass is 10.3. The third-order valence-electron chi connectivity index (χ3n) is 2.74. The van der Waals surface area contributed by atoms with Gasteiger partial charge in [-0.05, 0) is 31.2 Å². The molecule has 19 heavy (non-hydrogen) atoms. The molecule has 0 aliphatic carbocycles. The fourth-order valence-electron chi connectivity index (χ4n) is 1.91. The number of aromatic nitrogens is 3. The average molecular weight is 337 g/mol. The molecule has 0 amide bonds. The van der Waals surface area contributed by atoms with Crippen molar-refractivity contribution in [2.75, 3.05) is 5.32 Å². The monoisotopic (exact) mass is 336 g/mol. The van der Waals surface area contributed by atoms with Crippen molar-refractivity contribution in [2.45, 2.75) is 19.5 Å². The molecular formula is C13H13BrN4S. The van der Waals surface area contributed by atoms with Crippen molar-refractivity contribution in [3.8, 4) is 0 Å². The highest BCUT2D eigenvalue weighted by Gasteiger charge is 2.08. The van der Waals surface area contributed by atoms with Crippen molar-refractivity contribution in [1.82, 2.24) is 14.8 Å². The summed E-state index contributed by atoms with van der Waals surface area (Å²) in [6.45, 7) is 2.95. The number of hydrogen-bond donors (Lipinski definition) is 1. The molecule has 1 N–H and O–H groups in total. The van der Waals surface area contributed by atoms with E-state index in [1.807, 2.05) is 29.1 Å². The number of nitrogens with one attached hydrogen (secondary N) is 1. The molecule has 0 saturated heterocycles. The summed E-state index contributed by atoms with van der Waals surface area (Å²) in [7, 11) is 0. The molecule has 6 heteroatoms. The molecule has 0 radical (unpaired) electrons. The predicted octanol–water partition coefficient (Wildman–Crippen LogP) is 3.76. The number of nitrogens with zero attached hydrogens (tertiary/aromatic N) is 3. The van der Waals surface area contributed by atoms with E-state index in [4.69, 9.17) is 0 Å². The Morgan fingerprint density at radius 2 is 2.37 bits per heavy atom.